The quantitative estimate of drug-likeness (QED) is 0.650. The summed E-state index contributed by atoms with van der Waals surface area (Å²) in [5.74, 6) is -1.42. The minimum absolute atomic E-state index is 0.149. The van der Waals surface area contributed by atoms with E-state index in [0.717, 1.165) is 0 Å². The fourth-order valence-corrected chi connectivity index (χ4v) is 1.07. The molecule has 0 spiro atoms. The topological polar surface area (TPSA) is 139 Å². The second-order valence-electron chi connectivity index (χ2n) is 3.08. The van der Waals surface area contributed by atoms with Crippen LogP contribution >= 0.6 is 0 Å². The molecule has 1 aromatic rings. The molecule has 0 aliphatic carbocycles. The normalized spacial score (nSPS) is 9.53. The molecular formula is C8H10N6O3. The second-order valence-corrected chi connectivity index (χ2v) is 3.08. The maximum Gasteiger partial charge on any atom is 0.224 e. The van der Waals surface area contributed by atoms with Crippen LogP contribution in [0, 0.1) is 4.91 Å². The molecule has 1 heterocycles. The largest absolute Gasteiger partial charge is 0.368 e. The molecule has 9 heteroatoms. The lowest BCUT2D eigenvalue weighted by Crippen LogP contribution is -2.13. The molecule has 0 aliphatic rings. The highest BCUT2D eigenvalue weighted by Gasteiger charge is 2.16. The van der Waals surface area contributed by atoms with E-state index in [0.29, 0.717) is 0 Å². The van der Waals surface area contributed by atoms with Gasteiger partial charge in [-0.3, -0.25) is 9.59 Å². The summed E-state index contributed by atoms with van der Waals surface area (Å²) in [5.41, 5.74) is 5.08. The van der Waals surface area contributed by atoms with Crippen molar-refractivity contribution in [3.05, 3.63) is 4.91 Å². The van der Waals surface area contributed by atoms with Crippen LogP contribution in [-0.4, -0.2) is 21.8 Å². The molecule has 0 atom stereocenters. The Morgan fingerprint density at radius 1 is 1.12 bits per heavy atom. The molecule has 0 saturated heterocycles. The van der Waals surface area contributed by atoms with Crippen molar-refractivity contribution < 1.29 is 9.59 Å². The third kappa shape index (κ3) is 3.19. The van der Waals surface area contributed by atoms with E-state index in [9.17, 15) is 14.5 Å². The Hall–Kier alpha value is -2.58. The molecule has 4 N–H and O–H groups in total. The van der Waals surface area contributed by atoms with Gasteiger partial charge in [0.2, 0.25) is 17.8 Å². The van der Waals surface area contributed by atoms with E-state index in [1.54, 1.807) is 0 Å². The molecule has 90 valence electrons. The van der Waals surface area contributed by atoms with Crippen molar-refractivity contribution in [2.75, 3.05) is 16.4 Å². The first kappa shape index (κ1) is 12.5. The summed E-state index contributed by atoms with van der Waals surface area (Å²) in [5, 5.41) is 7.19. The van der Waals surface area contributed by atoms with Gasteiger partial charge in [0, 0.05) is 13.8 Å². The SMILES string of the molecule is CC(=O)Nc1nc(N)nc(NC(C)=O)c1N=O. The molecular weight excluding hydrogens is 228 g/mol. The number of nitrogens with zero attached hydrogens (tertiary/aromatic N) is 3. The number of anilines is 3. The van der Waals surface area contributed by atoms with Gasteiger partial charge in [-0.25, -0.2) is 0 Å². The minimum atomic E-state index is -0.457. The highest BCUT2D eigenvalue weighted by Crippen LogP contribution is 2.30. The van der Waals surface area contributed by atoms with Crippen molar-refractivity contribution >= 4 is 35.1 Å². The molecule has 1 aromatic heterocycles. The number of nitroso groups, excluding NO2 is 1. The first-order valence-electron chi connectivity index (χ1n) is 4.50. The van der Waals surface area contributed by atoms with Crippen LogP contribution in [0.4, 0.5) is 23.3 Å². The van der Waals surface area contributed by atoms with Crippen LogP contribution in [0.5, 0.6) is 0 Å². The van der Waals surface area contributed by atoms with Gasteiger partial charge in [-0.2, -0.15) is 9.97 Å². The van der Waals surface area contributed by atoms with Gasteiger partial charge in [0.05, 0.1) is 0 Å². The predicted octanol–water partition coefficient (Wildman–Crippen LogP) is 0.373. The number of rotatable bonds is 3. The standard InChI is InChI=1S/C8H10N6O3/c1-3(15)10-6-5(14-17)7(11-4(2)16)13-8(9)12-6/h1-2H3,(H4,9,10,11,12,13,15,16). The molecule has 0 saturated carbocycles. The number of nitrogen functional groups attached to an aromatic ring is 1. The smallest absolute Gasteiger partial charge is 0.224 e. The Morgan fingerprint density at radius 2 is 1.53 bits per heavy atom. The Morgan fingerprint density at radius 3 is 1.82 bits per heavy atom. The summed E-state index contributed by atoms with van der Waals surface area (Å²) in [6, 6.07) is 0. The van der Waals surface area contributed by atoms with Crippen molar-refractivity contribution in [1.29, 1.82) is 0 Å². The lowest BCUT2D eigenvalue weighted by atomic mass is 10.4. The number of hydrogen-bond donors (Lipinski definition) is 3. The average molecular weight is 238 g/mol. The molecule has 0 fully saturated rings. The molecule has 17 heavy (non-hydrogen) atoms. The van der Waals surface area contributed by atoms with Crippen molar-refractivity contribution in [3.63, 3.8) is 0 Å². The van der Waals surface area contributed by atoms with E-state index in [-0.39, 0.29) is 23.3 Å². The molecule has 0 aliphatic heterocycles. The number of carbonyl (C=O) groups excluding carboxylic acids is 2. The number of hydrogen-bond acceptors (Lipinski definition) is 7. The molecule has 1 rings (SSSR count). The lowest BCUT2D eigenvalue weighted by molar-refractivity contribution is -0.115. The fraction of sp³-hybridized carbons (Fsp3) is 0.250. The number of nitrogens with two attached hydrogens (primary N) is 1. The zero-order valence-corrected chi connectivity index (χ0v) is 9.14. The Balaban J connectivity index is 3.28. The zero-order chi connectivity index (χ0) is 13.0. The van der Waals surface area contributed by atoms with Crippen LogP contribution in [0.25, 0.3) is 0 Å². The van der Waals surface area contributed by atoms with E-state index >= 15 is 0 Å². The van der Waals surface area contributed by atoms with E-state index in [1.165, 1.54) is 13.8 Å². The van der Waals surface area contributed by atoms with E-state index in [2.05, 4.69) is 25.8 Å². The maximum atomic E-state index is 10.9. The van der Waals surface area contributed by atoms with Crippen LogP contribution in [0.2, 0.25) is 0 Å². The number of aromatic nitrogens is 2. The van der Waals surface area contributed by atoms with Gasteiger partial charge in [0.15, 0.2) is 17.3 Å². The first-order valence-corrected chi connectivity index (χ1v) is 4.50. The zero-order valence-electron chi connectivity index (χ0n) is 9.14. The third-order valence-electron chi connectivity index (χ3n) is 1.58. The molecule has 2 amide bonds. The Kier molecular flexibility index (Phi) is 3.65. The Bertz CT molecular complexity index is 449. The van der Waals surface area contributed by atoms with E-state index < -0.39 is 11.8 Å². The van der Waals surface area contributed by atoms with Crippen LogP contribution in [0.15, 0.2) is 5.18 Å². The number of amides is 2. The van der Waals surface area contributed by atoms with Crippen LogP contribution in [0.3, 0.4) is 0 Å². The van der Waals surface area contributed by atoms with Gasteiger partial charge < -0.3 is 16.4 Å². The van der Waals surface area contributed by atoms with Crippen molar-refractivity contribution in [2.24, 2.45) is 5.18 Å². The lowest BCUT2D eigenvalue weighted by Gasteiger charge is -2.08. The second kappa shape index (κ2) is 4.96. The van der Waals surface area contributed by atoms with Gasteiger partial charge in [0.1, 0.15) is 0 Å². The molecule has 9 nitrogen and oxygen atoms in total. The van der Waals surface area contributed by atoms with E-state index in [4.69, 9.17) is 5.73 Å². The predicted molar refractivity (Wildman–Crippen MR) is 60.5 cm³/mol. The average Bonchev–Trinajstić information content (AvgIpc) is 2.14. The molecule has 0 unspecified atom stereocenters. The summed E-state index contributed by atoms with van der Waals surface area (Å²) < 4.78 is 0. The van der Waals surface area contributed by atoms with Crippen molar-refractivity contribution in [2.45, 2.75) is 13.8 Å². The maximum absolute atomic E-state index is 10.9. The van der Waals surface area contributed by atoms with Gasteiger partial charge in [-0.15, -0.1) is 4.91 Å². The van der Waals surface area contributed by atoms with Crippen molar-refractivity contribution in [3.8, 4) is 0 Å². The van der Waals surface area contributed by atoms with Crippen LogP contribution < -0.4 is 16.4 Å². The van der Waals surface area contributed by atoms with Gasteiger partial charge in [0.25, 0.3) is 0 Å². The molecule has 0 aromatic carbocycles. The van der Waals surface area contributed by atoms with E-state index in [1.807, 2.05) is 0 Å². The third-order valence-corrected chi connectivity index (χ3v) is 1.58. The van der Waals surface area contributed by atoms with Gasteiger partial charge in [-0.1, -0.05) is 0 Å². The first-order chi connectivity index (χ1) is 7.93. The summed E-state index contributed by atoms with van der Waals surface area (Å²) in [6.07, 6.45) is 0. The molecule has 0 bridgehead atoms. The fourth-order valence-electron chi connectivity index (χ4n) is 1.07. The van der Waals surface area contributed by atoms with Crippen molar-refractivity contribution in [1.82, 2.24) is 9.97 Å². The minimum Gasteiger partial charge on any atom is -0.368 e. The van der Waals surface area contributed by atoms with Gasteiger partial charge in [-0.05, 0) is 5.18 Å². The summed E-state index contributed by atoms with van der Waals surface area (Å²) >= 11 is 0. The monoisotopic (exact) mass is 238 g/mol. The van der Waals surface area contributed by atoms with Gasteiger partial charge >= 0.3 is 0 Å². The molecule has 0 radical (unpaired) electrons. The Labute approximate surface area is 95.8 Å². The highest BCUT2D eigenvalue weighted by atomic mass is 16.3. The highest BCUT2D eigenvalue weighted by molar-refractivity contribution is 5.96. The van der Waals surface area contributed by atoms with Crippen LogP contribution in [0.1, 0.15) is 13.8 Å². The number of carbonyl (C=O) groups is 2. The summed E-state index contributed by atoms with van der Waals surface area (Å²) in [6.45, 7) is 2.45. The van der Waals surface area contributed by atoms with Crippen LogP contribution in [-0.2, 0) is 9.59 Å². The number of nitrogens with one attached hydrogen (secondary N) is 2. The summed E-state index contributed by atoms with van der Waals surface area (Å²) in [4.78, 5) is 39.7. The summed E-state index contributed by atoms with van der Waals surface area (Å²) in [7, 11) is 0.